The average Bonchev–Trinajstić information content (AvgIpc) is 3.07. The monoisotopic (exact) mass is 527 g/mol. The zero-order chi connectivity index (χ0) is 26.2. The summed E-state index contributed by atoms with van der Waals surface area (Å²) in [5.41, 5.74) is 3.46. The first-order valence-electron chi connectivity index (χ1n) is 11.9. The van der Waals surface area contributed by atoms with Crippen LogP contribution in [0, 0.1) is 0 Å². The number of hydrogen-bond donors (Lipinski definition) is 1. The molecule has 3 amide bonds. The molecule has 7 nitrogen and oxygen atoms in total. The predicted octanol–water partition coefficient (Wildman–Crippen LogP) is 6.14. The molecular formula is C27H30ClN3O4S. The molecular weight excluding hydrogens is 498 g/mol. The third-order valence-corrected chi connectivity index (χ3v) is 7.90. The van der Waals surface area contributed by atoms with E-state index in [1.165, 1.54) is 0 Å². The molecule has 0 aromatic heterocycles. The summed E-state index contributed by atoms with van der Waals surface area (Å²) in [5.74, 6) is 0.0371. The van der Waals surface area contributed by atoms with Gasteiger partial charge in [-0.3, -0.25) is 19.3 Å². The molecule has 2 aromatic rings. The van der Waals surface area contributed by atoms with Crippen LogP contribution in [0.3, 0.4) is 0 Å². The molecule has 0 saturated carbocycles. The van der Waals surface area contributed by atoms with E-state index in [4.69, 9.17) is 16.3 Å². The number of anilines is 2. The molecule has 4 rings (SSSR count). The van der Waals surface area contributed by atoms with Crippen molar-refractivity contribution in [2.45, 2.75) is 45.6 Å². The number of rotatable bonds is 6. The summed E-state index contributed by atoms with van der Waals surface area (Å²) in [4.78, 5) is 41.5. The van der Waals surface area contributed by atoms with Crippen molar-refractivity contribution in [2.75, 3.05) is 30.4 Å². The number of fused-ring (bicyclic) bond motifs is 1. The molecule has 2 aliphatic heterocycles. The maximum absolute atomic E-state index is 13.0. The average molecular weight is 528 g/mol. The van der Waals surface area contributed by atoms with Crippen molar-refractivity contribution >= 4 is 57.9 Å². The first kappa shape index (κ1) is 26.1. The van der Waals surface area contributed by atoms with Crippen LogP contribution in [0.4, 0.5) is 16.2 Å². The number of nitrogens with zero attached hydrogens (tertiary/aromatic N) is 2. The Labute approximate surface area is 220 Å². The summed E-state index contributed by atoms with van der Waals surface area (Å²) >= 11 is 7.42. The minimum atomic E-state index is -0.507. The Balaban J connectivity index is 1.49. The lowest BCUT2D eigenvalue weighted by molar-refractivity contribution is -0.127. The van der Waals surface area contributed by atoms with E-state index in [2.05, 4.69) is 38.0 Å². The van der Waals surface area contributed by atoms with Crippen LogP contribution in [0.5, 0.6) is 5.75 Å². The van der Waals surface area contributed by atoms with Gasteiger partial charge in [-0.2, -0.15) is 0 Å². The molecule has 36 heavy (non-hydrogen) atoms. The smallest absolute Gasteiger partial charge is 0.294 e. The molecule has 1 fully saturated rings. The fraction of sp³-hybridized carbons (Fsp3) is 0.370. The van der Waals surface area contributed by atoms with Crippen molar-refractivity contribution in [1.82, 2.24) is 4.90 Å². The maximum Gasteiger partial charge on any atom is 0.294 e. The van der Waals surface area contributed by atoms with E-state index >= 15 is 0 Å². The summed E-state index contributed by atoms with van der Waals surface area (Å²) < 4.78 is 5.39. The molecule has 1 N–H and O–H groups in total. The second-order valence-electron chi connectivity index (χ2n) is 9.68. The topological polar surface area (TPSA) is 79.0 Å². The van der Waals surface area contributed by atoms with Gasteiger partial charge in [0.2, 0.25) is 5.91 Å². The Bertz CT molecular complexity index is 1240. The molecule has 0 bridgehead atoms. The minimum Gasteiger partial charge on any atom is -0.494 e. The van der Waals surface area contributed by atoms with Crippen LogP contribution in [0.25, 0.3) is 6.08 Å². The van der Waals surface area contributed by atoms with Gasteiger partial charge in [-0.1, -0.05) is 18.5 Å². The number of ether oxygens (including phenoxy) is 1. The lowest BCUT2D eigenvalue weighted by Gasteiger charge is -2.45. The van der Waals surface area contributed by atoms with Crippen molar-refractivity contribution in [3.8, 4) is 5.75 Å². The van der Waals surface area contributed by atoms with Gasteiger partial charge >= 0.3 is 0 Å². The standard InChI is InChI=1S/C27H30ClN3O4S/c1-6-35-19-9-7-18(8-10-19)29-24(32)15-31-25(33)23(36-26(31)34)12-17-11-20-16(2)14-27(3,4)30(5)22(20)13-21(17)28/h7-13,16H,6,14-15H2,1-5H3,(H,29,32)/b23-12-/t16-/m1/s1. The molecule has 9 heteroatoms. The van der Waals surface area contributed by atoms with Crippen LogP contribution in [0.15, 0.2) is 41.3 Å². The van der Waals surface area contributed by atoms with Crippen molar-refractivity contribution in [3.63, 3.8) is 0 Å². The molecule has 1 saturated heterocycles. The van der Waals surface area contributed by atoms with Gasteiger partial charge in [0, 0.05) is 29.0 Å². The first-order chi connectivity index (χ1) is 17.0. The highest BCUT2D eigenvalue weighted by molar-refractivity contribution is 8.18. The van der Waals surface area contributed by atoms with Crippen molar-refractivity contribution in [2.24, 2.45) is 0 Å². The molecule has 2 aromatic carbocycles. The number of hydrogen-bond acceptors (Lipinski definition) is 6. The predicted molar refractivity (Wildman–Crippen MR) is 146 cm³/mol. The zero-order valence-corrected chi connectivity index (χ0v) is 22.6. The lowest BCUT2D eigenvalue weighted by Crippen LogP contribution is -2.45. The van der Waals surface area contributed by atoms with Gasteiger partial charge in [-0.15, -0.1) is 0 Å². The molecule has 0 aliphatic carbocycles. The molecule has 0 spiro atoms. The van der Waals surface area contributed by atoms with E-state index in [9.17, 15) is 14.4 Å². The normalized spacial score (nSPS) is 20.1. The van der Waals surface area contributed by atoms with Crippen LogP contribution < -0.4 is 15.0 Å². The number of amides is 3. The van der Waals surface area contributed by atoms with Gasteiger partial charge in [0.05, 0.1) is 11.5 Å². The number of nitrogens with one attached hydrogen (secondary N) is 1. The van der Waals surface area contributed by atoms with Crippen LogP contribution in [0.2, 0.25) is 5.02 Å². The second kappa shape index (κ2) is 10.2. The Morgan fingerprint density at radius 1 is 1.25 bits per heavy atom. The highest BCUT2D eigenvalue weighted by Gasteiger charge is 2.37. The maximum atomic E-state index is 13.0. The van der Waals surface area contributed by atoms with Gasteiger partial charge in [-0.05, 0) is 98.5 Å². The third-order valence-electron chi connectivity index (χ3n) is 6.66. The largest absolute Gasteiger partial charge is 0.494 e. The highest BCUT2D eigenvalue weighted by Crippen LogP contribution is 2.45. The molecule has 190 valence electrons. The summed E-state index contributed by atoms with van der Waals surface area (Å²) in [5, 5.41) is 2.72. The van der Waals surface area contributed by atoms with Crippen molar-refractivity contribution in [1.29, 1.82) is 0 Å². The quantitative estimate of drug-likeness (QED) is 0.455. The van der Waals surface area contributed by atoms with E-state index in [-0.39, 0.29) is 17.0 Å². The number of imide groups is 1. The van der Waals surface area contributed by atoms with Gasteiger partial charge in [0.1, 0.15) is 12.3 Å². The van der Waals surface area contributed by atoms with Crippen LogP contribution >= 0.6 is 23.4 Å². The molecule has 2 heterocycles. The summed E-state index contributed by atoms with van der Waals surface area (Å²) in [6.45, 7) is 8.65. The number of halogens is 1. The highest BCUT2D eigenvalue weighted by atomic mass is 35.5. The Morgan fingerprint density at radius 2 is 1.94 bits per heavy atom. The Morgan fingerprint density at radius 3 is 2.61 bits per heavy atom. The first-order valence-corrected chi connectivity index (χ1v) is 13.0. The SMILES string of the molecule is CCOc1ccc(NC(=O)CN2C(=O)S/C(=C\c3cc4c(cc3Cl)N(C)C(C)(C)C[C@H]4C)C2=O)cc1. The number of benzene rings is 2. The number of carbonyl (C=O) groups is 3. The number of carbonyl (C=O) groups excluding carboxylic acids is 3. The molecule has 2 aliphatic rings. The Hall–Kier alpha value is -2.97. The summed E-state index contributed by atoms with van der Waals surface area (Å²) in [6, 6.07) is 10.8. The van der Waals surface area contributed by atoms with Crippen LogP contribution in [-0.2, 0) is 9.59 Å². The lowest BCUT2D eigenvalue weighted by atomic mass is 9.80. The third kappa shape index (κ3) is 5.25. The van der Waals surface area contributed by atoms with E-state index in [1.54, 1.807) is 30.3 Å². The van der Waals surface area contributed by atoms with Crippen molar-refractivity contribution in [3.05, 3.63) is 57.5 Å². The van der Waals surface area contributed by atoms with Gasteiger partial charge in [0.15, 0.2) is 0 Å². The number of thioether (sulfide) groups is 1. The van der Waals surface area contributed by atoms with E-state index in [0.29, 0.717) is 34.5 Å². The van der Waals surface area contributed by atoms with E-state index in [1.807, 2.05) is 19.1 Å². The summed E-state index contributed by atoms with van der Waals surface area (Å²) in [7, 11) is 2.06. The second-order valence-corrected chi connectivity index (χ2v) is 11.1. The van der Waals surface area contributed by atoms with Crippen LogP contribution in [-0.4, -0.2) is 47.7 Å². The minimum absolute atomic E-state index is 0.00577. The van der Waals surface area contributed by atoms with Gasteiger partial charge < -0.3 is 15.0 Å². The Kier molecular flexibility index (Phi) is 7.38. The van der Waals surface area contributed by atoms with E-state index in [0.717, 1.165) is 34.3 Å². The summed E-state index contributed by atoms with van der Waals surface area (Å²) in [6.07, 6.45) is 2.63. The van der Waals surface area contributed by atoms with E-state index < -0.39 is 17.1 Å². The van der Waals surface area contributed by atoms with Gasteiger partial charge in [0.25, 0.3) is 11.1 Å². The zero-order valence-electron chi connectivity index (χ0n) is 21.1. The van der Waals surface area contributed by atoms with Crippen molar-refractivity contribution < 1.29 is 19.1 Å². The molecule has 0 unspecified atom stereocenters. The molecule has 0 radical (unpaired) electrons. The van der Waals surface area contributed by atoms with Crippen LogP contribution in [0.1, 0.15) is 51.2 Å². The van der Waals surface area contributed by atoms with Gasteiger partial charge in [-0.25, -0.2) is 0 Å². The fourth-order valence-corrected chi connectivity index (χ4v) is 5.68. The molecule has 1 atom stereocenters. The fourth-order valence-electron chi connectivity index (χ4n) is 4.64.